The van der Waals surface area contributed by atoms with E-state index in [9.17, 15) is 4.79 Å². The van der Waals surface area contributed by atoms with Crippen LogP contribution in [0.3, 0.4) is 0 Å². The summed E-state index contributed by atoms with van der Waals surface area (Å²) < 4.78 is 0. The van der Waals surface area contributed by atoms with Crippen LogP contribution in [0.1, 0.15) is 66.2 Å². The zero-order valence-electron chi connectivity index (χ0n) is 13.9. The second kappa shape index (κ2) is 11.1. The van der Waals surface area contributed by atoms with Gasteiger partial charge in [-0.2, -0.15) is 0 Å². The zero-order chi connectivity index (χ0) is 15.4. The number of unbranched alkanes of at least 4 members (excludes halogenated alkanes) is 2. The Labute approximate surface area is 125 Å². The molecule has 0 radical (unpaired) electrons. The molecule has 0 unspecified atom stereocenters. The van der Waals surface area contributed by atoms with Crippen LogP contribution in [0.5, 0.6) is 0 Å². The molecule has 0 bridgehead atoms. The maximum absolute atomic E-state index is 12.0. The van der Waals surface area contributed by atoms with E-state index in [1.54, 1.807) is 0 Å². The summed E-state index contributed by atoms with van der Waals surface area (Å²) in [5.74, 6) is 0.125. The van der Waals surface area contributed by atoms with Crippen LogP contribution in [0, 0.1) is 5.41 Å². The van der Waals surface area contributed by atoms with Crippen LogP contribution in [-0.4, -0.2) is 31.6 Å². The first-order chi connectivity index (χ1) is 9.40. The van der Waals surface area contributed by atoms with E-state index < -0.39 is 0 Å². The minimum atomic E-state index is -0.0591. The van der Waals surface area contributed by atoms with Gasteiger partial charge in [0.1, 0.15) is 0 Å². The molecule has 0 aromatic heterocycles. The average molecular weight is 285 g/mol. The van der Waals surface area contributed by atoms with Gasteiger partial charge in [0.05, 0.1) is 6.04 Å². The molecule has 0 aromatic carbocycles. The summed E-state index contributed by atoms with van der Waals surface area (Å²) in [7, 11) is 0. The Kier molecular flexibility index (Phi) is 10.8. The molecule has 1 amide bonds. The van der Waals surface area contributed by atoms with Crippen molar-refractivity contribution >= 4 is 5.91 Å². The Hall–Kier alpha value is -0.610. The van der Waals surface area contributed by atoms with Crippen LogP contribution >= 0.6 is 0 Å². The van der Waals surface area contributed by atoms with Crippen LogP contribution in [0.4, 0.5) is 0 Å². The zero-order valence-corrected chi connectivity index (χ0v) is 13.9. The van der Waals surface area contributed by atoms with E-state index in [0.29, 0.717) is 18.5 Å². The topological polar surface area (TPSA) is 67.2 Å². The van der Waals surface area contributed by atoms with Crippen molar-refractivity contribution in [2.24, 2.45) is 11.1 Å². The predicted molar refractivity (Wildman–Crippen MR) is 86.7 cm³/mol. The van der Waals surface area contributed by atoms with Crippen LogP contribution in [0.25, 0.3) is 0 Å². The maximum atomic E-state index is 12.0. The first-order valence-corrected chi connectivity index (χ1v) is 8.12. The fourth-order valence-electron chi connectivity index (χ4n) is 2.17. The van der Waals surface area contributed by atoms with Crippen molar-refractivity contribution in [1.29, 1.82) is 0 Å². The molecule has 4 N–H and O–H groups in total. The molecular weight excluding hydrogens is 250 g/mol. The van der Waals surface area contributed by atoms with Gasteiger partial charge >= 0.3 is 0 Å². The van der Waals surface area contributed by atoms with Crippen molar-refractivity contribution < 1.29 is 4.79 Å². The maximum Gasteiger partial charge on any atom is 0.237 e. The SMILES string of the molecule is CCNC(=O)[C@H](CCCCN)NCCCCC(C)(C)C. The number of nitrogens with two attached hydrogens (primary N) is 1. The van der Waals surface area contributed by atoms with Crippen LogP contribution in [-0.2, 0) is 4.79 Å². The highest BCUT2D eigenvalue weighted by molar-refractivity contribution is 5.81. The number of carbonyl (C=O) groups excluding carboxylic acids is 1. The monoisotopic (exact) mass is 285 g/mol. The van der Waals surface area contributed by atoms with E-state index in [0.717, 1.165) is 32.2 Å². The molecule has 4 heteroatoms. The molecule has 0 saturated carbocycles. The van der Waals surface area contributed by atoms with Gasteiger partial charge in [-0.15, -0.1) is 0 Å². The first-order valence-electron chi connectivity index (χ1n) is 8.12. The number of hydrogen-bond donors (Lipinski definition) is 3. The lowest BCUT2D eigenvalue weighted by molar-refractivity contribution is -0.123. The summed E-state index contributed by atoms with van der Waals surface area (Å²) >= 11 is 0. The highest BCUT2D eigenvalue weighted by atomic mass is 16.2. The molecule has 0 aliphatic heterocycles. The predicted octanol–water partition coefficient (Wildman–Crippen LogP) is 2.43. The van der Waals surface area contributed by atoms with Gasteiger partial charge in [-0.1, -0.05) is 33.6 Å². The molecule has 0 rings (SSSR count). The molecule has 4 nitrogen and oxygen atoms in total. The van der Waals surface area contributed by atoms with Gasteiger partial charge in [-0.3, -0.25) is 4.79 Å². The fourth-order valence-corrected chi connectivity index (χ4v) is 2.17. The van der Waals surface area contributed by atoms with Gasteiger partial charge in [0.25, 0.3) is 0 Å². The van der Waals surface area contributed by atoms with Crippen molar-refractivity contribution in [1.82, 2.24) is 10.6 Å². The van der Waals surface area contributed by atoms with Gasteiger partial charge in [0.15, 0.2) is 0 Å². The van der Waals surface area contributed by atoms with Crippen molar-refractivity contribution in [3.05, 3.63) is 0 Å². The van der Waals surface area contributed by atoms with E-state index in [-0.39, 0.29) is 11.9 Å². The summed E-state index contributed by atoms with van der Waals surface area (Å²) in [6, 6.07) is -0.0591. The second-order valence-corrected chi connectivity index (χ2v) is 6.70. The molecule has 0 spiro atoms. The van der Waals surface area contributed by atoms with Crippen molar-refractivity contribution in [2.75, 3.05) is 19.6 Å². The first kappa shape index (κ1) is 19.4. The lowest BCUT2D eigenvalue weighted by Gasteiger charge is -2.20. The molecule has 0 aromatic rings. The quantitative estimate of drug-likeness (QED) is 0.511. The van der Waals surface area contributed by atoms with Crippen LogP contribution in [0.2, 0.25) is 0 Å². The Morgan fingerprint density at radius 1 is 1.15 bits per heavy atom. The van der Waals surface area contributed by atoms with Crippen molar-refractivity contribution in [2.45, 2.75) is 72.3 Å². The van der Waals surface area contributed by atoms with Crippen LogP contribution < -0.4 is 16.4 Å². The number of nitrogens with one attached hydrogen (secondary N) is 2. The second-order valence-electron chi connectivity index (χ2n) is 6.70. The molecule has 0 aliphatic rings. The van der Waals surface area contributed by atoms with E-state index in [1.807, 2.05) is 6.92 Å². The molecule has 1 atom stereocenters. The third-order valence-corrected chi connectivity index (χ3v) is 3.36. The molecular formula is C16H35N3O. The molecule has 0 saturated heterocycles. The summed E-state index contributed by atoms with van der Waals surface area (Å²) in [4.78, 5) is 12.0. The normalized spacial score (nSPS) is 13.2. The Bertz CT molecular complexity index is 249. The molecule has 0 heterocycles. The standard InChI is InChI=1S/C16H35N3O/c1-5-18-15(20)14(10-6-8-12-17)19-13-9-7-11-16(2,3)4/h14,19H,5-13,17H2,1-4H3,(H,18,20)/t14-/m0/s1. The smallest absolute Gasteiger partial charge is 0.237 e. The lowest BCUT2D eigenvalue weighted by atomic mass is 9.90. The highest BCUT2D eigenvalue weighted by Gasteiger charge is 2.16. The molecule has 0 aliphatic carbocycles. The van der Waals surface area contributed by atoms with E-state index in [4.69, 9.17) is 5.73 Å². The number of carbonyl (C=O) groups is 1. The van der Waals surface area contributed by atoms with E-state index in [1.165, 1.54) is 12.8 Å². The molecule has 0 fully saturated rings. The third-order valence-electron chi connectivity index (χ3n) is 3.36. The molecule has 20 heavy (non-hydrogen) atoms. The summed E-state index contributed by atoms with van der Waals surface area (Å²) in [6.45, 7) is 11.1. The third kappa shape index (κ3) is 11.2. The van der Waals surface area contributed by atoms with Gasteiger partial charge < -0.3 is 16.4 Å². The fraction of sp³-hybridized carbons (Fsp3) is 0.938. The van der Waals surface area contributed by atoms with Crippen molar-refractivity contribution in [3.8, 4) is 0 Å². The Morgan fingerprint density at radius 3 is 2.40 bits per heavy atom. The largest absolute Gasteiger partial charge is 0.355 e. The average Bonchev–Trinajstić information content (AvgIpc) is 2.35. The Balaban J connectivity index is 3.93. The van der Waals surface area contributed by atoms with Gasteiger partial charge in [0, 0.05) is 6.54 Å². The lowest BCUT2D eigenvalue weighted by Crippen LogP contribution is -2.44. The van der Waals surface area contributed by atoms with Gasteiger partial charge in [-0.25, -0.2) is 0 Å². The molecule has 120 valence electrons. The summed E-state index contributed by atoms with van der Waals surface area (Å²) in [5.41, 5.74) is 5.91. The minimum absolute atomic E-state index is 0.0591. The summed E-state index contributed by atoms with van der Waals surface area (Å²) in [6.07, 6.45) is 6.44. The minimum Gasteiger partial charge on any atom is -0.355 e. The number of amides is 1. The van der Waals surface area contributed by atoms with Gasteiger partial charge in [-0.05, 0) is 51.1 Å². The van der Waals surface area contributed by atoms with Crippen molar-refractivity contribution in [3.63, 3.8) is 0 Å². The highest BCUT2D eigenvalue weighted by Crippen LogP contribution is 2.21. The Morgan fingerprint density at radius 2 is 1.85 bits per heavy atom. The van der Waals surface area contributed by atoms with Gasteiger partial charge in [0.2, 0.25) is 5.91 Å². The number of hydrogen-bond acceptors (Lipinski definition) is 3. The number of rotatable bonds is 11. The van der Waals surface area contributed by atoms with Crippen LogP contribution in [0.15, 0.2) is 0 Å². The number of likely N-dealkylation sites (N-methyl/N-ethyl adjacent to an activating group) is 1. The summed E-state index contributed by atoms with van der Waals surface area (Å²) in [5, 5.41) is 6.30. The van der Waals surface area contributed by atoms with E-state index in [2.05, 4.69) is 31.4 Å². The van der Waals surface area contributed by atoms with E-state index >= 15 is 0 Å².